The smallest absolute Gasteiger partial charge is 0.340 e. The summed E-state index contributed by atoms with van der Waals surface area (Å²) in [5.74, 6) is -3.44. The zero-order valence-electron chi connectivity index (χ0n) is 17.4. The fourth-order valence-corrected chi connectivity index (χ4v) is 2.58. The first-order valence-corrected chi connectivity index (χ1v) is 9.79. The van der Waals surface area contributed by atoms with Gasteiger partial charge in [0.25, 0.3) is 5.91 Å². The van der Waals surface area contributed by atoms with Gasteiger partial charge in [-0.15, -0.1) is 0 Å². The first kappa shape index (κ1) is 25.0. The number of anilines is 1. The molecule has 2 heterocycles. The van der Waals surface area contributed by atoms with E-state index in [1.807, 2.05) is 19.8 Å². The van der Waals surface area contributed by atoms with Crippen LogP contribution in [0.5, 0.6) is 5.75 Å². The first-order chi connectivity index (χ1) is 15.2. The predicted molar refractivity (Wildman–Crippen MR) is 113 cm³/mol. The lowest BCUT2D eigenvalue weighted by Crippen LogP contribution is -2.33. The number of ether oxygens (including phenoxy) is 1. The average Bonchev–Trinajstić information content (AvgIpc) is 3.63. The van der Waals surface area contributed by atoms with Gasteiger partial charge in [0.15, 0.2) is 6.61 Å². The zero-order valence-corrected chi connectivity index (χ0v) is 17.4. The molecule has 1 unspecified atom stereocenters. The third-order valence-corrected chi connectivity index (χ3v) is 4.62. The molecule has 1 fully saturated rings. The van der Waals surface area contributed by atoms with Gasteiger partial charge in [0.1, 0.15) is 24.1 Å². The number of carbonyl (C=O) groups excluding carboxylic acids is 2. The summed E-state index contributed by atoms with van der Waals surface area (Å²) < 4.78 is 54.7. The Morgan fingerprint density at radius 2 is 2.00 bits per heavy atom. The largest absolute Gasteiger partial charge is 0.485 e. The molecule has 0 aromatic carbocycles. The molecular weight excluding hydrogens is 432 g/mol. The molecule has 1 aliphatic rings. The molecule has 1 amide bonds. The SMILES string of the molecule is C=O.CC(NC(=O)c1ccc(OCC(F)(F)C(F)F)cn1)c1ccnc(NCC2CC2)c1.[HH].[HH]. The maximum Gasteiger partial charge on any atom is 0.340 e. The van der Waals surface area contributed by atoms with Crippen LogP contribution in [0.4, 0.5) is 23.4 Å². The molecule has 2 N–H and O–H groups in total. The van der Waals surface area contributed by atoms with Crippen LogP contribution < -0.4 is 15.4 Å². The molecule has 0 saturated heterocycles. The maximum absolute atomic E-state index is 12.9. The number of nitrogens with one attached hydrogen (secondary N) is 2. The van der Waals surface area contributed by atoms with Crippen LogP contribution in [0, 0.1) is 5.92 Å². The van der Waals surface area contributed by atoms with Gasteiger partial charge in [-0.1, -0.05) is 0 Å². The van der Waals surface area contributed by atoms with E-state index in [4.69, 9.17) is 4.79 Å². The van der Waals surface area contributed by atoms with Gasteiger partial charge in [-0.3, -0.25) is 4.79 Å². The summed E-state index contributed by atoms with van der Waals surface area (Å²) in [4.78, 5) is 28.5. The molecule has 1 saturated carbocycles. The van der Waals surface area contributed by atoms with E-state index >= 15 is 0 Å². The van der Waals surface area contributed by atoms with Crippen LogP contribution in [0.25, 0.3) is 0 Å². The van der Waals surface area contributed by atoms with E-state index in [0.717, 1.165) is 24.1 Å². The molecule has 2 aromatic heterocycles. The number of halogens is 4. The quantitative estimate of drug-likeness (QED) is 0.512. The van der Waals surface area contributed by atoms with Crippen molar-refractivity contribution in [3.63, 3.8) is 0 Å². The van der Waals surface area contributed by atoms with Gasteiger partial charge in [0.2, 0.25) is 0 Å². The highest BCUT2D eigenvalue weighted by Crippen LogP contribution is 2.29. The van der Waals surface area contributed by atoms with E-state index in [2.05, 4.69) is 25.3 Å². The number of aromatic nitrogens is 2. The molecule has 0 radical (unpaired) electrons. The van der Waals surface area contributed by atoms with Crippen molar-refractivity contribution in [2.45, 2.75) is 38.2 Å². The van der Waals surface area contributed by atoms with Crippen molar-refractivity contribution in [2.75, 3.05) is 18.5 Å². The van der Waals surface area contributed by atoms with Gasteiger partial charge in [0, 0.05) is 15.6 Å². The lowest BCUT2D eigenvalue weighted by atomic mass is 10.1. The summed E-state index contributed by atoms with van der Waals surface area (Å²) in [6.07, 6.45) is 1.32. The summed E-state index contributed by atoms with van der Waals surface area (Å²) in [6, 6.07) is 5.82. The number of amides is 1. The predicted octanol–water partition coefficient (Wildman–Crippen LogP) is 4.38. The van der Waals surface area contributed by atoms with E-state index < -0.39 is 24.9 Å². The van der Waals surface area contributed by atoms with Crippen LogP contribution in [0.3, 0.4) is 0 Å². The van der Waals surface area contributed by atoms with Crippen LogP contribution in [0.1, 0.15) is 44.7 Å². The fourth-order valence-electron chi connectivity index (χ4n) is 2.58. The monoisotopic (exact) mass is 460 g/mol. The minimum atomic E-state index is -4.26. The van der Waals surface area contributed by atoms with Gasteiger partial charge in [0.05, 0.1) is 12.2 Å². The van der Waals surface area contributed by atoms with Crippen LogP contribution in [0.15, 0.2) is 36.7 Å². The molecule has 7 nitrogen and oxygen atoms in total. The molecule has 3 rings (SSSR count). The minimum Gasteiger partial charge on any atom is -0.485 e. The Kier molecular flexibility index (Phi) is 8.91. The van der Waals surface area contributed by atoms with Crippen LogP contribution in [-0.2, 0) is 4.79 Å². The Hall–Kier alpha value is -3.24. The van der Waals surface area contributed by atoms with E-state index in [1.165, 1.54) is 25.0 Å². The second-order valence-corrected chi connectivity index (χ2v) is 7.22. The van der Waals surface area contributed by atoms with Crippen molar-refractivity contribution in [1.29, 1.82) is 0 Å². The highest BCUT2D eigenvalue weighted by atomic mass is 19.3. The number of hydrogen-bond acceptors (Lipinski definition) is 6. The second kappa shape index (κ2) is 11.4. The van der Waals surface area contributed by atoms with Crippen molar-refractivity contribution >= 4 is 18.5 Å². The molecular formula is C21H28F4N4O3. The normalized spacial score (nSPS) is 14.2. The van der Waals surface area contributed by atoms with Gasteiger partial charge in [-0.2, -0.15) is 8.78 Å². The number of hydrogen-bond donors (Lipinski definition) is 2. The van der Waals surface area contributed by atoms with Crippen molar-refractivity contribution in [2.24, 2.45) is 5.92 Å². The summed E-state index contributed by atoms with van der Waals surface area (Å²) in [6.45, 7) is 3.20. The van der Waals surface area contributed by atoms with Crippen LogP contribution in [0.2, 0.25) is 0 Å². The van der Waals surface area contributed by atoms with E-state index in [0.29, 0.717) is 5.92 Å². The molecule has 1 atom stereocenters. The molecule has 0 spiro atoms. The Morgan fingerprint density at radius 1 is 1.28 bits per heavy atom. The molecule has 0 bridgehead atoms. The lowest BCUT2D eigenvalue weighted by Gasteiger charge is -2.16. The number of pyridine rings is 2. The minimum absolute atomic E-state index is 0. The van der Waals surface area contributed by atoms with E-state index in [9.17, 15) is 22.4 Å². The summed E-state index contributed by atoms with van der Waals surface area (Å²) in [7, 11) is 0. The number of rotatable bonds is 10. The van der Waals surface area contributed by atoms with E-state index in [1.54, 1.807) is 12.3 Å². The summed E-state index contributed by atoms with van der Waals surface area (Å²) >= 11 is 0. The van der Waals surface area contributed by atoms with Crippen molar-refractivity contribution in [3.8, 4) is 5.75 Å². The summed E-state index contributed by atoms with van der Waals surface area (Å²) in [5.41, 5.74) is 0.891. The number of carbonyl (C=O) groups is 2. The molecule has 32 heavy (non-hydrogen) atoms. The number of alkyl halides is 4. The van der Waals surface area contributed by atoms with Crippen molar-refractivity contribution in [1.82, 2.24) is 15.3 Å². The molecule has 0 aliphatic heterocycles. The van der Waals surface area contributed by atoms with Crippen LogP contribution >= 0.6 is 0 Å². The maximum atomic E-state index is 12.9. The molecule has 178 valence electrons. The van der Waals surface area contributed by atoms with Gasteiger partial charge in [-0.25, -0.2) is 18.7 Å². The second-order valence-electron chi connectivity index (χ2n) is 7.22. The Bertz CT molecular complexity index is 891. The third kappa shape index (κ3) is 7.47. The Morgan fingerprint density at radius 3 is 2.59 bits per heavy atom. The standard InChI is InChI=1S/C20H22F4N4O2.CH2O.2H2/c1-12(14-6-7-25-17(8-14)27-9-13-2-3-13)28-18(29)16-5-4-15(10-26-16)30-11-20(23,24)19(21)22;1-2;;/h4-8,10,12-13,19H,2-3,9,11H2,1H3,(H,25,27)(H,28,29);1H2;2*1H. The first-order valence-electron chi connectivity index (χ1n) is 9.79. The van der Waals surface area contributed by atoms with Gasteiger partial charge < -0.3 is 20.2 Å². The fraction of sp³-hybridized carbons (Fsp3) is 0.429. The van der Waals surface area contributed by atoms with Gasteiger partial charge in [-0.05, 0) is 55.5 Å². The number of nitrogens with zero attached hydrogens (tertiary/aromatic N) is 2. The lowest BCUT2D eigenvalue weighted by molar-refractivity contribution is -0.148. The highest BCUT2D eigenvalue weighted by Gasteiger charge is 2.41. The topological polar surface area (TPSA) is 93.2 Å². The van der Waals surface area contributed by atoms with Crippen molar-refractivity contribution < 1.29 is 34.7 Å². The Labute approximate surface area is 185 Å². The van der Waals surface area contributed by atoms with E-state index in [-0.39, 0.29) is 20.3 Å². The average molecular weight is 460 g/mol. The molecule has 11 heteroatoms. The molecule has 2 aromatic rings. The highest BCUT2D eigenvalue weighted by molar-refractivity contribution is 5.92. The van der Waals surface area contributed by atoms with Crippen LogP contribution in [-0.4, -0.2) is 48.2 Å². The van der Waals surface area contributed by atoms with Gasteiger partial charge >= 0.3 is 12.3 Å². The molecule has 1 aliphatic carbocycles. The Balaban J connectivity index is 0.00000265. The zero-order chi connectivity index (χ0) is 23.7. The summed E-state index contributed by atoms with van der Waals surface area (Å²) in [5, 5.41) is 6.06. The van der Waals surface area contributed by atoms with Crippen molar-refractivity contribution in [3.05, 3.63) is 47.9 Å². The third-order valence-electron chi connectivity index (χ3n) is 4.62.